The Labute approximate surface area is 202 Å². The van der Waals surface area contributed by atoms with Gasteiger partial charge in [0, 0.05) is 46.9 Å². The summed E-state index contributed by atoms with van der Waals surface area (Å²) in [7, 11) is 0. The van der Waals surface area contributed by atoms with Crippen molar-refractivity contribution in [2.45, 2.75) is 37.6 Å². The molecule has 1 saturated heterocycles. The number of nitrogens with zero attached hydrogens (tertiary/aromatic N) is 3. The summed E-state index contributed by atoms with van der Waals surface area (Å²) in [4.78, 5) is 47.2. The number of hydrogen-bond donors (Lipinski definition) is 2. The summed E-state index contributed by atoms with van der Waals surface area (Å²) < 4.78 is 0. The van der Waals surface area contributed by atoms with E-state index in [9.17, 15) is 14.4 Å². The van der Waals surface area contributed by atoms with Crippen molar-refractivity contribution in [2.24, 2.45) is 0 Å². The Morgan fingerprint density at radius 2 is 1.47 bits per heavy atom. The van der Waals surface area contributed by atoms with Gasteiger partial charge in [-0.25, -0.2) is 9.97 Å². The van der Waals surface area contributed by atoms with E-state index in [-0.39, 0.29) is 5.91 Å². The van der Waals surface area contributed by atoms with Crippen LogP contribution < -0.4 is 15.8 Å². The minimum Gasteiger partial charge on any atom is -0.312 e. The number of aromatic nitrogens is 2. The summed E-state index contributed by atoms with van der Waals surface area (Å²) in [6, 6.07) is 15.8. The molecule has 0 radical (unpaired) electrons. The number of carbonyl (C=O) groups excluding carboxylic acids is 3. The van der Waals surface area contributed by atoms with Crippen molar-refractivity contribution in [3.63, 3.8) is 0 Å². The van der Waals surface area contributed by atoms with Crippen molar-refractivity contribution in [1.29, 1.82) is 0 Å². The first kappa shape index (κ1) is 23.4. The molecule has 9 heteroatoms. The van der Waals surface area contributed by atoms with Crippen molar-refractivity contribution < 1.29 is 14.4 Å². The molecule has 1 aliphatic heterocycles. The second-order valence-electron chi connectivity index (χ2n) is 8.02. The fourth-order valence-electron chi connectivity index (χ4n) is 3.63. The minimum absolute atomic E-state index is 0.0904. The lowest BCUT2D eigenvalue weighted by Crippen LogP contribution is -2.41. The Bertz CT molecular complexity index is 1190. The molecular weight excluding hydrogens is 450 g/mol. The maximum absolute atomic E-state index is 12.4. The van der Waals surface area contributed by atoms with Crippen LogP contribution in [0.25, 0.3) is 0 Å². The number of anilines is 1. The summed E-state index contributed by atoms with van der Waals surface area (Å²) >= 11 is 1.54. The molecule has 4 rings (SSSR count). The zero-order valence-electron chi connectivity index (χ0n) is 19.0. The first-order valence-corrected chi connectivity index (χ1v) is 11.9. The molecule has 0 aliphatic carbocycles. The third-order valence-electron chi connectivity index (χ3n) is 5.35. The highest BCUT2D eigenvalue weighted by Gasteiger charge is 2.21. The number of amides is 3. The molecule has 0 atom stereocenters. The molecule has 0 bridgehead atoms. The Balaban J connectivity index is 1.28. The molecule has 2 heterocycles. The SMILES string of the molecule is Cc1cc(C)nc(SCc2ccc(C(=O)NNC(=O)c3ccc(N4CCCC4=O)cc3)cc2)n1. The van der Waals surface area contributed by atoms with Crippen molar-refractivity contribution in [3.05, 3.63) is 82.7 Å². The first-order chi connectivity index (χ1) is 16.4. The quantitative estimate of drug-likeness (QED) is 0.321. The standard InChI is InChI=1S/C25H25N5O3S/c1-16-14-17(2)27-25(26-16)34-15-18-5-7-19(8-6-18)23(32)28-29-24(33)20-9-11-21(12-10-20)30-13-3-4-22(30)31/h5-12,14H,3-4,13,15H2,1-2H3,(H,28,32)(H,29,33). The normalized spacial score (nSPS) is 13.1. The number of benzene rings is 2. The lowest BCUT2D eigenvalue weighted by atomic mass is 10.1. The fourth-order valence-corrected chi connectivity index (χ4v) is 4.54. The van der Waals surface area contributed by atoms with Gasteiger partial charge < -0.3 is 4.90 Å². The molecule has 0 spiro atoms. The average molecular weight is 476 g/mol. The lowest BCUT2D eigenvalue weighted by Gasteiger charge is -2.16. The van der Waals surface area contributed by atoms with Gasteiger partial charge >= 0.3 is 0 Å². The Hall–Kier alpha value is -3.72. The van der Waals surface area contributed by atoms with Crippen molar-refractivity contribution >= 4 is 35.2 Å². The smallest absolute Gasteiger partial charge is 0.269 e. The number of hydrogen-bond acceptors (Lipinski definition) is 6. The Morgan fingerprint density at radius 3 is 2.00 bits per heavy atom. The second kappa shape index (κ2) is 10.5. The molecule has 174 valence electrons. The van der Waals surface area contributed by atoms with Gasteiger partial charge in [-0.15, -0.1) is 0 Å². The van der Waals surface area contributed by atoms with Crippen molar-refractivity contribution in [1.82, 2.24) is 20.8 Å². The predicted octanol–water partition coefficient (Wildman–Crippen LogP) is 3.59. The van der Waals surface area contributed by atoms with E-state index < -0.39 is 11.8 Å². The predicted molar refractivity (Wildman–Crippen MR) is 130 cm³/mol. The van der Waals surface area contributed by atoms with Gasteiger partial charge in [0.05, 0.1) is 0 Å². The maximum Gasteiger partial charge on any atom is 0.269 e. The van der Waals surface area contributed by atoms with E-state index in [1.165, 1.54) is 11.8 Å². The van der Waals surface area contributed by atoms with Gasteiger partial charge in [0.2, 0.25) is 5.91 Å². The minimum atomic E-state index is -0.436. The van der Waals surface area contributed by atoms with Crippen LogP contribution >= 0.6 is 11.8 Å². The first-order valence-electron chi connectivity index (χ1n) is 10.9. The number of hydrazine groups is 1. The van der Waals surface area contributed by atoms with Crippen LogP contribution in [0.1, 0.15) is 50.5 Å². The van der Waals surface area contributed by atoms with Crippen LogP contribution in [0.5, 0.6) is 0 Å². The van der Waals surface area contributed by atoms with E-state index in [0.717, 1.165) is 34.2 Å². The molecule has 0 saturated carbocycles. The van der Waals surface area contributed by atoms with Gasteiger partial charge in [-0.3, -0.25) is 25.2 Å². The van der Waals surface area contributed by atoms with Gasteiger partial charge in [0.1, 0.15) is 0 Å². The highest BCUT2D eigenvalue weighted by molar-refractivity contribution is 7.98. The third-order valence-corrected chi connectivity index (χ3v) is 6.27. The largest absolute Gasteiger partial charge is 0.312 e. The maximum atomic E-state index is 12.4. The number of aryl methyl sites for hydroxylation is 2. The monoisotopic (exact) mass is 475 g/mol. The molecule has 3 aromatic rings. The molecular formula is C25H25N5O3S. The van der Waals surface area contributed by atoms with Crippen molar-refractivity contribution in [3.8, 4) is 0 Å². The van der Waals surface area contributed by atoms with Gasteiger partial charge in [-0.1, -0.05) is 23.9 Å². The van der Waals surface area contributed by atoms with Gasteiger partial charge in [-0.2, -0.15) is 0 Å². The molecule has 34 heavy (non-hydrogen) atoms. The summed E-state index contributed by atoms with van der Waals surface area (Å²) in [6.45, 7) is 4.57. The van der Waals surface area contributed by atoms with Crippen LogP contribution in [0.2, 0.25) is 0 Å². The number of nitrogens with one attached hydrogen (secondary N) is 2. The van der Waals surface area contributed by atoms with Crippen LogP contribution in [0.4, 0.5) is 5.69 Å². The molecule has 3 amide bonds. The van der Waals surface area contributed by atoms with Crippen LogP contribution in [0.3, 0.4) is 0 Å². The molecule has 2 N–H and O–H groups in total. The Morgan fingerprint density at radius 1 is 0.912 bits per heavy atom. The topological polar surface area (TPSA) is 104 Å². The summed E-state index contributed by atoms with van der Waals surface area (Å²) in [5.41, 5.74) is 9.34. The summed E-state index contributed by atoms with van der Waals surface area (Å²) in [5, 5.41) is 0.724. The van der Waals surface area contributed by atoms with E-state index >= 15 is 0 Å². The molecule has 1 aliphatic rings. The average Bonchev–Trinajstić information content (AvgIpc) is 3.26. The molecule has 2 aromatic carbocycles. The number of thioether (sulfide) groups is 1. The molecule has 1 aromatic heterocycles. The van der Waals surface area contributed by atoms with Crippen LogP contribution in [0, 0.1) is 13.8 Å². The highest BCUT2D eigenvalue weighted by atomic mass is 32.2. The van der Waals surface area contributed by atoms with Crippen LogP contribution in [-0.4, -0.2) is 34.2 Å². The number of carbonyl (C=O) groups is 3. The summed E-state index contributed by atoms with van der Waals surface area (Å²) in [5.74, 6) is -0.0770. The third kappa shape index (κ3) is 5.79. The Kier molecular flexibility index (Phi) is 7.22. The zero-order chi connectivity index (χ0) is 24.1. The summed E-state index contributed by atoms with van der Waals surface area (Å²) in [6.07, 6.45) is 1.39. The molecule has 8 nitrogen and oxygen atoms in total. The van der Waals surface area contributed by atoms with E-state index in [2.05, 4.69) is 20.8 Å². The van der Waals surface area contributed by atoms with Gasteiger partial charge in [0.25, 0.3) is 11.8 Å². The number of rotatable bonds is 6. The van der Waals surface area contributed by atoms with E-state index in [1.54, 1.807) is 41.3 Å². The lowest BCUT2D eigenvalue weighted by molar-refractivity contribution is -0.117. The fraction of sp³-hybridized carbons (Fsp3) is 0.240. The van der Waals surface area contributed by atoms with E-state index in [1.807, 2.05) is 32.0 Å². The van der Waals surface area contributed by atoms with E-state index in [4.69, 9.17) is 0 Å². The van der Waals surface area contributed by atoms with Crippen molar-refractivity contribution in [2.75, 3.05) is 11.4 Å². The highest BCUT2D eigenvalue weighted by Crippen LogP contribution is 2.22. The van der Waals surface area contributed by atoms with Gasteiger partial charge in [-0.05, 0) is 68.3 Å². The van der Waals surface area contributed by atoms with Gasteiger partial charge in [0.15, 0.2) is 5.16 Å². The molecule has 1 fully saturated rings. The van der Waals surface area contributed by atoms with Crippen LogP contribution in [-0.2, 0) is 10.5 Å². The second-order valence-corrected chi connectivity index (χ2v) is 8.97. The van der Waals surface area contributed by atoms with Crippen LogP contribution in [0.15, 0.2) is 59.8 Å². The van der Waals surface area contributed by atoms with E-state index in [0.29, 0.717) is 29.8 Å². The molecule has 0 unspecified atom stereocenters. The zero-order valence-corrected chi connectivity index (χ0v) is 19.8.